The van der Waals surface area contributed by atoms with E-state index < -0.39 is 0 Å². The van der Waals surface area contributed by atoms with Crippen molar-refractivity contribution in [1.29, 1.82) is 0 Å². The first kappa shape index (κ1) is 11.0. The number of benzene rings is 1. The topological polar surface area (TPSA) is 55.1 Å². The third-order valence-electron chi connectivity index (χ3n) is 3.33. The van der Waals surface area contributed by atoms with Gasteiger partial charge in [0.05, 0.1) is 0 Å². The second-order valence-corrected chi connectivity index (χ2v) is 4.77. The van der Waals surface area contributed by atoms with Crippen molar-refractivity contribution in [2.75, 3.05) is 5.73 Å². The Labute approximate surface area is 96.0 Å². The van der Waals surface area contributed by atoms with E-state index in [0.717, 1.165) is 24.3 Å². The van der Waals surface area contributed by atoms with Crippen molar-refractivity contribution in [2.24, 2.45) is 5.92 Å². The standard InChI is InChI=1S/C13H18N2O/c1-8-6-10(7-8)15-13(16)11-4-3-5-12(14)9(11)2/h3-5,8,10H,6-7,14H2,1-2H3,(H,15,16). The van der Waals surface area contributed by atoms with Gasteiger partial charge in [-0.05, 0) is 43.4 Å². The molecule has 0 aliphatic heterocycles. The first-order chi connectivity index (χ1) is 7.58. The van der Waals surface area contributed by atoms with E-state index in [4.69, 9.17) is 5.73 Å². The second-order valence-electron chi connectivity index (χ2n) is 4.77. The number of anilines is 1. The molecule has 3 nitrogen and oxygen atoms in total. The van der Waals surface area contributed by atoms with Gasteiger partial charge in [0.1, 0.15) is 0 Å². The molecule has 0 spiro atoms. The lowest BCUT2D eigenvalue weighted by molar-refractivity contribution is 0.0895. The van der Waals surface area contributed by atoms with Crippen LogP contribution in [0.3, 0.4) is 0 Å². The molecule has 0 heterocycles. The van der Waals surface area contributed by atoms with Crippen LogP contribution in [0.1, 0.15) is 35.7 Å². The molecule has 0 aromatic heterocycles. The van der Waals surface area contributed by atoms with Crippen molar-refractivity contribution in [2.45, 2.75) is 32.7 Å². The quantitative estimate of drug-likeness (QED) is 0.747. The Morgan fingerprint density at radius 2 is 2.12 bits per heavy atom. The van der Waals surface area contributed by atoms with E-state index in [1.54, 1.807) is 0 Å². The molecule has 1 aliphatic rings. The van der Waals surface area contributed by atoms with Gasteiger partial charge in [0.15, 0.2) is 0 Å². The van der Waals surface area contributed by atoms with Crippen LogP contribution in [0.15, 0.2) is 18.2 Å². The van der Waals surface area contributed by atoms with Gasteiger partial charge in [-0.3, -0.25) is 4.79 Å². The summed E-state index contributed by atoms with van der Waals surface area (Å²) in [5.74, 6) is 0.744. The highest BCUT2D eigenvalue weighted by Crippen LogP contribution is 2.26. The van der Waals surface area contributed by atoms with Gasteiger partial charge in [0.2, 0.25) is 0 Å². The molecule has 1 aromatic rings. The van der Waals surface area contributed by atoms with Crippen molar-refractivity contribution >= 4 is 11.6 Å². The Kier molecular flexibility index (Phi) is 2.86. The molecule has 0 saturated heterocycles. The van der Waals surface area contributed by atoms with Gasteiger partial charge in [-0.25, -0.2) is 0 Å². The van der Waals surface area contributed by atoms with E-state index >= 15 is 0 Å². The van der Waals surface area contributed by atoms with E-state index in [2.05, 4.69) is 12.2 Å². The van der Waals surface area contributed by atoms with Gasteiger partial charge in [0.25, 0.3) is 5.91 Å². The van der Waals surface area contributed by atoms with Gasteiger partial charge in [-0.2, -0.15) is 0 Å². The first-order valence-electron chi connectivity index (χ1n) is 5.74. The molecule has 0 atom stereocenters. The number of carbonyl (C=O) groups is 1. The molecule has 86 valence electrons. The maximum absolute atomic E-state index is 12.0. The molecular weight excluding hydrogens is 200 g/mol. The summed E-state index contributed by atoms with van der Waals surface area (Å²) in [5.41, 5.74) is 8.02. The molecule has 3 heteroatoms. The maximum Gasteiger partial charge on any atom is 0.251 e. The molecule has 1 saturated carbocycles. The number of nitrogens with one attached hydrogen (secondary N) is 1. The zero-order valence-corrected chi connectivity index (χ0v) is 9.79. The smallest absolute Gasteiger partial charge is 0.251 e. The maximum atomic E-state index is 12.0. The molecule has 1 amide bonds. The number of nitrogen functional groups attached to an aromatic ring is 1. The molecule has 0 bridgehead atoms. The summed E-state index contributed by atoms with van der Waals surface area (Å²) in [5, 5.41) is 3.04. The van der Waals surface area contributed by atoms with Crippen LogP contribution in [0.25, 0.3) is 0 Å². The molecule has 0 unspecified atom stereocenters. The Bertz CT molecular complexity index is 408. The normalized spacial score (nSPS) is 23.6. The number of carbonyl (C=O) groups excluding carboxylic acids is 1. The lowest BCUT2D eigenvalue weighted by Crippen LogP contribution is -2.43. The average Bonchev–Trinajstić information content (AvgIpc) is 2.19. The minimum absolute atomic E-state index is 0.00157. The van der Waals surface area contributed by atoms with Crippen molar-refractivity contribution in [3.63, 3.8) is 0 Å². The third-order valence-corrected chi connectivity index (χ3v) is 3.33. The number of nitrogens with two attached hydrogens (primary N) is 1. The summed E-state index contributed by atoms with van der Waals surface area (Å²) in [6.45, 7) is 4.09. The summed E-state index contributed by atoms with van der Waals surface area (Å²) >= 11 is 0. The highest BCUT2D eigenvalue weighted by molar-refractivity contribution is 5.97. The van der Waals surface area contributed by atoms with Gasteiger partial charge in [0, 0.05) is 17.3 Å². The first-order valence-corrected chi connectivity index (χ1v) is 5.74. The second kappa shape index (κ2) is 4.16. The van der Waals surface area contributed by atoms with Gasteiger partial charge in [-0.15, -0.1) is 0 Å². The van der Waals surface area contributed by atoms with Gasteiger partial charge in [-0.1, -0.05) is 13.0 Å². The van der Waals surface area contributed by atoms with Crippen LogP contribution < -0.4 is 11.1 Å². The molecule has 0 radical (unpaired) electrons. The highest BCUT2D eigenvalue weighted by Gasteiger charge is 2.27. The zero-order chi connectivity index (χ0) is 11.7. The lowest BCUT2D eigenvalue weighted by Gasteiger charge is -2.33. The van der Waals surface area contributed by atoms with Crippen LogP contribution >= 0.6 is 0 Å². The van der Waals surface area contributed by atoms with E-state index in [9.17, 15) is 4.79 Å². The predicted molar refractivity (Wildman–Crippen MR) is 65.2 cm³/mol. The Balaban J connectivity index is 2.06. The highest BCUT2D eigenvalue weighted by atomic mass is 16.1. The van der Waals surface area contributed by atoms with Crippen molar-refractivity contribution in [3.05, 3.63) is 29.3 Å². The Hall–Kier alpha value is -1.51. The van der Waals surface area contributed by atoms with Crippen molar-refractivity contribution in [3.8, 4) is 0 Å². The van der Waals surface area contributed by atoms with Crippen LogP contribution in [-0.2, 0) is 0 Å². The summed E-state index contributed by atoms with van der Waals surface area (Å²) in [7, 11) is 0. The monoisotopic (exact) mass is 218 g/mol. The zero-order valence-electron chi connectivity index (χ0n) is 9.79. The molecular formula is C13H18N2O. The van der Waals surface area contributed by atoms with Crippen molar-refractivity contribution in [1.82, 2.24) is 5.32 Å². The number of amides is 1. The lowest BCUT2D eigenvalue weighted by atomic mass is 9.82. The largest absolute Gasteiger partial charge is 0.398 e. The van der Waals surface area contributed by atoms with Crippen LogP contribution in [0.2, 0.25) is 0 Å². The summed E-state index contributed by atoms with van der Waals surface area (Å²) in [6, 6.07) is 5.81. The number of rotatable bonds is 2. The fourth-order valence-corrected chi connectivity index (χ4v) is 2.18. The van der Waals surface area contributed by atoms with E-state index in [1.165, 1.54) is 0 Å². The summed E-state index contributed by atoms with van der Waals surface area (Å²) < 4.78 is 0. The van der Waals surface area contributed by atoms with Crippen molar-refractivity contribution < 1.29 is 4.79 Å². The van der Waals surface area contributed by atoms with E-state index in [1.807, 2.05) is 25.1 Å². The molecule has 1 aromatic carbocycles. The fourth-order valence-electron chi connectivity index (χ4n) is 2.18. The summed E-state index contributed by atoms with van der Waals surface area (Å²) in [4.78, 5) is 12.0. The molecule has 16 heavy (non-hydrogen) atoms. The minimum Gasteiger partial charge on any atom is -0.398 e. The SMILES string of the molecule is Cc1c(N)cccc1C(=O)NC1CC(C)C1. The number of hydrogen-bond donors (Lipinski definition) is 2. The van der Waals surface area contributed by atoms with Crippen LogP contribution in [-0.4, -0.2) is 11.9 Å². The summed E-state index contributed by atoms with van der Waals surface area (Å²) in [6.07, 6.45) is 2.18. The molecule has 2 rings (SSSR count). The fraction of sp³-hybridized carbons (Fsp3) is 0.462. The molecule has 1 fully saturated rings. The third kappa shape index (κ3) is 2.03. The minimum atomic E-state index is 0.00157. The molecule has 3 N–H and O–H groups in total. The Morgan fingerprint density at radius 1 is 1.44 bits per heavy atom. The van der Waals surface area contributed by atoms with Crippen LogP contribution in [0, 0.1) is 12.8 Å². The number of hydrogen-bond acceptors (Lipinski definition) is 2. The van der Waals surface area contributed by atoms with Gasteiger partial charge < -0.3 is 11.1 Å². The van der Waals surface area contributed by atoms with Crippen LogP contribution in [0.4, 0.5) is 5.69 Å². The Morgan fingerprint density at radius 3 is 2.75 bits per heavy atom. The van der Waals surface area contributed by atoms with Gasteiger partial charge >= 0.3 is 0 Å². The molecule has 1 aliphatic carbocycles. The van der Waals surface area contributed by atoms with Crippen LogP contribution in [0.5, 0.6) is 0 Å². The average molecular weight is 218 g/mol. The van der Waals surface area contributed by atoms with E-state index in [-0.39, 0.29) is 5.91 Å². The predicted octanol–water partition coefficient (Wildman–Crippen LogP) is 2.11. The van der Waals surface area contributed by atoms with E-state index in [0.29, 0.717) is 17.3 Å².